The lowest BCUT2D eigenvalue weighted by atomic mass is 10.2. The van der Waals surface area contributed by atoms with Crippen LogP contribution in [0.15, 0.2) is 41.0 Å². The van der Waals surface area contributed by atoms with E-state index >= 15 is 0 Å². The summed E-state index contributed by atoms with van der Waals surface area (Å²) >= 11 is 5.59. The third-order valence-electron chi connectivity index (χ3n) is 2.76. The van der Waals surface area contributed by atoms with Gasteiger partial charge in [-0.25, -0.2) is 4.39 Å². The van der Waals surface area contributed by atoms with Crippen molar-refractivity contribution in [3.63, 3.8) is 0 Å². The third kappa shape index (κ3) is 3.84. The number of carbonyl (C=O) groups is 2. The summed E-state index contributed by atoms with van der Waals surface area (Å²) in [6.07, 6.45) is 1.37. The fourth-order valence-electron chi connectivity index (χ4n) is 1.69. The maximum atomic E-state index is 13.5. The molecule has 1 heterocycles. The van der Waals surface area contributed by atoms with Crippen LogP contribution in [0.4, 0.5) is 10.1 Å². The molecule has 0 aliphatic heterocycles. The third-order valence-corrected chi connectivity index (χ3v) is 3.00. The maximum Gasteiger partial charge on any atom is 0.313 e. The number of furan rings is 1. The Hall–Kier alpha value is -2.38. The number of hydrogen-bond acceptors (Lipinski definition) is 4. The molecule has 22 heavy (non-hydrogen) atoms. The molecule has 6 nitrogen and oxygen atoms in total. The first-order valence-electron chi connectivity index (χ1n) is 6.22. The van der Waals surface area contributed by atoms with E-state index in [1.807, 2.05) is 0 Å². The minimum Gasteiger partial charge on any atom is -0.467 e. The van der Waals surface area contributed by atoms with Gasteiger partial charge in [-0.05, 0) is 30.3 Å². The van der Waals surface area contributed by atoms with Crippen LogP contribution in [0.1, 0.15) is 11.8 Å². The Labute approximate surface area is 129 Å². The fraction of sp³-hybridized carbons (Fsp3) is 0.143. The van der Waals surface area contributed by atoms with Crippen molar-refractivity contribution in [2.75, 3.05) is 11.9 Å². The second-order valence-corrected chi connectivity index (χ2v) is 4.74. The van der Waals surface area contributed by atoms with E-state index in [9.17, 15) is 19.1 Å². The Morgan fingerprint density at radius 3 is 2.68 bits per heavy atom. The molecule has 0 spiro atoms. The van der Waals surface area contributed by atoms with E-state index in [-0.39, 0.29) is 10.7 Å². The standard InChI is InChI=1S/C14H12ClFN2O4/c15-8-3-4-10(9(16)6-8)17-13(20)14(21)18-11(7-19)12-2-1-5-22-12/h1-6,11,19H,7H2,(H,17,20)(H,18,21). The monoisotopic (exact) mass is 326 g/mol. The van der Waals surface area contributed by atoms with Crippen molar-refractivity contribution in [1.82, 2.24) is 5.32 Å². The second kappa shape index (κ2) is 7.06. The highest BCUT2D eigenvalue weighted by molar-refractivity contribution is 6.39. The summed E-state index contributed by atoms with van der Waals surface area (Å²) in [5.41, 5.74) is -0.178. The molecule has 0 aliphatic carbocycles. The van der Waals surface area contributed by atoms with Gasteiger partial charge in [0.25, 0.3) is 0 Å². The first kappa shape index (κ1) is 16.0. The normalized spacial score (nSPS) is 11.8. The van der Waals surface area contributed by atoms with E-state index in [1.54, 1.807) is 6.07 Å². The summed E-state index contributed by atoms with van der Waals surface area (Å²) in [6.45, 7) is -0.457. The minimum absolute atomic E-state index is 0.165. The van der Waals surface area contributed by atoms with Crippen molar-refractivity contribution < 1.29 is 23.5 Å². The molecule has 0 aliphatic rings. The van der Waals surface area contributed by atoms with Gasteiger partial charge in [0.15, 0.2) is 0 Å². The molecule has 1 aromatic heterocycles. The summed E-state index contributed by atoms with van der Waals surface area (Å²) < 4.78 is 18.6. The van der Waals surface area contributed by atoms with Gasteiger partial charge in [-0.15, -0.1) is 0 Å². The van der Waals surface area contributed by atoms with Gasteiger partial charge in [0.1, 0.15) is 17.6 Å². The quantitative estimate of drug-likeness (QED) is 0.748. The average Bonchev–Trinajstić information content (AvgIpc) is 3.01. The number of aliphatic hydroxyl groups excluding tert-OH is 1. The van der Waals surface area contributed by atoms with Gasteiger partial charge in [0, 0.05) is 5.02 Å². The number of hydrogen-bond donors (Lipinski definition) is 3. The molecular weight excluding hydrogens is 315 g/mol. The van der Waals surface area contributed by atoms with Gasteiger partial charge in [-0.3, -0.25) is 9.59 Å². The van der Waals surface area contributed by atoms with Crippen molar-refractivity contribution >= 4 is 29.1 Å². The molecule has 116 valence electrons. The molecule has 8 heteroatoms. The molecule has 1 aromatic carbocycles. The molecule has 1 atom stereocenters. The van der Waals surface area contributed by atoms with Gasteiger partial charge in [-0.2, -0.15) is 0 Å². The molecule has 0 bridgehead atoms. The van der Waals surface area contributed by atoms with Gasteiger partial charge >= 0.3 is 11.8 Å². The molecule has 0 fully saturated rings. The van der Waals surface area contributed by atoms with Crippen molar-refractivity contribution in [3.8, 4) is 0 Å². The highest BCUT2D eigenvalue weighted by Gasteiger charge is 2.22. The number of rotatable bonds is 4. The molecule has 2 aromatic rings. The topological polar surface area (TPSA) is 91.6 Å². The summed E-state index contributed by atoms with van der Waals surface area (Å²) in [6, 6.07) is 5.86. The lowest BCUT2D eigenvalue weighted by molar-refractivity contribution is -0.136. The Morgan fingerprint density at radius 2 is 2.09 bits per heavy atom. The van der Waals surface area contributed by atoms with Gasteiger partial charge < -0.3 is 20.2 Å². The smallest absolute Gasteiger partial charge is 0.313 e. The van der Waals surface area contributed by atoms with E-state index in [0.717, 1.165) is 6.07 Å². The highest BCUT2D eigenvalue weighted by atomic mass is 35.5. The Bertz CT molecular complexity index is 675. The number of benzene rings is 1. The van der Waals surface area contributed by atoms with E-state index < -0.39 is 30.3 Å². The largest absolute Gasteiger partial charge is 0.467 e. The molecule has 0 saturated heterocycles. The van der Waals surface area contributed by atoms with Crippen LogP contribution in [0.5, 0.6) is 0 Å². The number of amides is 2. The van der Waals surface area contributed by atoms with Crippen molar-refractivity contribution in [2.45, 2.75) is 6.04 Å². The van der Waals surface area contributed by atoms with Gasteiger partial charge in [0.05, 0.1) is 18.6 Å². The zero-order valence-corrected chi connectivity index (χ0v) is 11.9. The predicted octanol–water partition coefficient (Wildman–Crippen LogP) is 1.86. The first-order chi connectivity index (χ1) is 10.5. The van der Waals surface area contributed by atoms with Gasteiger partial charge in [0.2, 0.25) is 0 Å². The van der Waals surface area contributed by atoms with Crippen LogP contribution in [-0.4, -0.2) is 23.5 Å². The van der Waals surface area contributed by atoms with E-state index in [2.05, 4.69) is 10.6 Å². The van der Waals surface area contributed by atoms with Crippen molar-refractivity contribution in [1.29, 1.82) is 0 Å². The number of nitrogens with one attached hydrogen (secondary N) is 2. The summed E-state index contributed by atoms with van der Waals surface area (Å²) in [7, 11) is 0. The summed E-state index contributed by atoms with van der Waals surface area (Å²) in [5, 5.41) is 13.8. The van der Waals surface area contributed by atoms with Crippen LogP contribution in [0.2, 0.25) is 5.02 Å². The van der Waals surface area contributed by atoms with E-state index in [0.29, 0.717) is 5.76 Å². The fourth-order valence-corrected chi connectivity index (χ4v) is 1.85. The highest BCUT2D eigenvalue weighted by Crippen LogP contribution is 2.19. The maximum absolute atomic E-state index is 13.5. The Kier molecular flexibility index (Phi) is 5.13. The molecule has 1 unspecified atom stereocenters. The average molecular weight is 327 g/mol. The zero-order valence-electron chi connectivity index (χ0n) is 11.2. The molecular formula is C14H12ClFN2O4. The number of aliphatic hydroxyl groups is 1. The van der Waals surface area contributed by atoms with Crippen LogP contribution in [0.3, 0.4) is 0 Å². The number of carbonyl (C=O) groups excluding carboxylic acids is 2. The minimum atomic E-state index is -1.08. The predicted molar refractivity (Wildman–Crippen MR) is 76.7 cm³/mol. The lowest BCUT2D eigenvalue weighted by Gasteiger charge is -2.13. The Morgan fingerprint density at radius 1 is 1.32 bits per heavy atom. The first-order valence-corrected chi connectivity index (χ1v) is 6.60. The van der Waals surface area contributed by atoms with Crippen LogP contribution in [0.25, 0.3) is 0 Å². The van der Waals surface area contributed by atoms with Crippen LogP contribution < -0.4 is 10.6 Å². The molecule has 0 saturated carbocycles. The number of halogens is 2. The zero-order chi connectivity index (χ0) is 16.1. The lowest BCUT2D eigenvalue weighted by Crippen LogP contribution is -2.39. The molecule has 2 rings (SSSR count). The van der Waals surface area contributed by atoms with Crippen LogP contribution in [0, 0.1) is 5.82 Å². The SMILES string of the molecule is O=C(Nc1ccc(Cl)cc1F)C(=O)NC(CO)c1ccco1. The second-order valence-electron chi connectivity index (χ2n) is 4.30. The van der Waals surface area contributed by atoms with E-state index in [1.165, 1.54) is 24.5 Å². The summed E-state index contributed by atoms with van der Waals surface area (Å²) in [4.78, 5) is 23.5. The molecule has 3 N–H and O–H groups in total. The number of anilines is 1. The van der Waals surface area contributed by atoms with E-state index in [4.69, 9.17) is 16.0 Å². The summed E-state index contributed by atoms with van der Waals surface area (Å²) in [5.74, 6) is -2.59. The van der Waals surface area contributed by atoms with Crippen LogP contribution >= 0.6 is 11.6 Å². The van der Waals surface area contributed by atoms with Crippen LogP contribution in [-0.2, 0) is 9.59 Å². The van der Waals surface area contributed by atoms with Crippen molar-refractivity contribution in [2.24, 2.45) is 0 Å². The van der Waals surface area contributed by atoms with Crippen molar-refractivity contribution in [3.05, 3.63) is 53.2 Å². The Balaban J connectivity index is 2.01. The molecule has 2 amide bonds. The van der Waals surface area contributed by atoms with Gasteiger partial charge in [-0.1, -0.05) is 11.6 Å². The molecule has 0 radical (unpaired) electrons.